The average Bonchev–Trinajstić information content (AvgIpc) is 3.16. The zero-order valence-corrected chi connectivity index (χ0v) is 21.2. The molecule has 2 aromatic rings. The Balaban J connectivity index is 0.00000306. The molecule has 0 bridgehead atoms. The lowest BCUT2D eigenvalue weighted by Gasteiger charge is -2.30. The number of likely N-dealkylation sites (tertiary alicyclic amines) is 1. The van der Waals surface area contributed by atoms with Crippen LogP contribution >= 0.6 is 23.7 Å². The molecule has 0 spiro atoms. The quantitative estimate of drug-likeness (QED) is 0.598. The van der Waals surface area contributed by atoms with Gasteiger partial charge in [-0.15, -0.1) is 23.7 Å². The predicted molar refractivity (Wildman–Crippen MR) is 133 cm³/mol. The summed E-state index contributed by atoms with van der Waals surface area (Å²) in [5, 5.41) is 2.10. The summed E-state index contributed by atoms with van der Waals surface area (Å²) in [6.45, 7) is 3.41. The average molecular weight is 513 g/mol. The van der Waals surface area contributed by atoms with Crippen LogP contribution in [0.3, 0.4) is 0 Å². The number of piperidine rings is 1. The van der Waals surface area contributed by atoms with E-state index < -0.39 is 10.0 Å². The molecule has 2 aliphatic heterocycles. The number of hydrogen-bond donors (Lipinski definition) is 1. The molecule has 7 nitrogen and oxygen atoms in total. The number of carbonyl (C=O) groups excluding carboxylic acids is 1. The Morgan fingerprint density at radius 2 is 2.00 bits per heavy atom. The van der Waals surface area contributed by atoms with E-state index in [1.165, 1.54) is 35.0 Å². The van der Waals surface area contributed by atoms with Crippen molar-refractivity contribution in [2.45, 2.75) is 25.9 Å². The molecule has 4 rings (SSSR count). The standard InChI is InChI=1S/C23H28N2O5S2.ClH/c1-29-21(26)14-16-3-4-20-19(13-16)22(23-18(15-30-20)7-12-31-23)17-5-9-25(10-6-17)11-8-24-32(2,27)28;/h3-4,7,12-13,24H,5-6,8-11,14-15H2,1-2H3;1H. The zero-order valence-electron chi connectivity index (χ0n) is 18.8. The van der Waals surface area contributed by atoms with Crippen LogP contribution in [0.2, 0.25) is 0 Å². The number of thiophene rings is 1. The number of sulfonamides is 1. The lowest BCUT2D eigenvalue weighted by Crippen LogP contribution is -2.38. The van der Waals surface area contributed by atoms with E-state index in [-0.39, 0.29) is 24.8 Å². The van der Waals surface area contributed by atoms with Gasteiger partial charge in [0.15, 0.2) is 0 Å². The Bertz CT molecular complexity index is 1130. The minimum atomic E-state index is -3.16. The fraction of sp³-hybridized carbons (Fsp3) is 0.435. The van der Waals surface area contributed by atoms with Crippen LogP contribution in [0.5, 0.6) is 5.75 Å². The molecule has 0 unspecified atom stereocenters. The number of halogens is 1. The number of rotatable bonds is 6. The second kappa shape index (κ2) is 11.0. The number of ether oxygens (including phenoxy) is 2. The third-order valence-corrected chi connectivity index (χ3v) is 7.55. The summed E-state index contributed by atoms with van der Waals surface area (Å²) in [6.07, 6.45) is 3.23. The molecule has 0 atom stereocenters. The van der Waals surface area contributed by atoms with Crippen LogP contribution in [0.25, 0.3) is 5.57 Å². The Labute approximate surface area is 205 Å². The number of benzene rings is 1. The summed E-state index contributed by atoms with van der Waals surface area (Å²) in [4.78, 5) is 15.4. The van der Waals surface area contributed by atoms with Crippen molar-refractivity contribution in [2.24, 2.45) is 0 Å². The molecule has 2 aliphatic rings. The van der Waals surface area contributed by atoms with Crippen LogP contribution in [0.4, 0.5) is 0 Å². The van der Waals surface area contributed by atoms with Gasteiger partial charge in [0.25, 0.3) is 0 Å². The normalized spacial score (nSPS) is 16.2. The molecule has 0 radical (unpaired) electrons. The largest absolute Gasteiger partial charge is 0.488 e. The molecule has 33 heavy (non-hydrogen) atoms. The lowest BCUT2D eigenvalue weighted by molar-refractivity contribution is -0.139. The molecule has 0 aliphatic carbocycles. The van der Waals surface area contributed by atoms with Crippen LogP contribution in [0, 0.1) is 0 Å². The van der Waals surface area contributed by atoms with Gasteiger partial charge in [0, 0.05) is 47.8 Å². The van der Waals surface area contributed by atoms with Gasteiger partial charge in [0.1, 0.15) is 12.4 Å². The highest BCUT2D eigenvalue weighted by atomic mass is 35.5. The summed E-state index contributed by atoms with van der Waals surface area (Å²) in [5.41, 5.74) is 5.73. The number of carbonyl (C=O) groups is 1. The first-order valence-corrected chi connectivity index (χ1v) is 13.4. The van der Waals surface area contributed by atoms with Crippen molar-refractivity contribution in [1.82, 2.24) is 9.62 Å². The molecule has 1 aromatic heterocycles. The maximum atomic E-state index is 11.8. The SMILES string of the molecule is COC(=O)Cc1ccc2c(c1)C(=C1CCN(CCNS(C)(=O)=O)CC1)c1sccc1CO2.Cl. The Morgan fingerprint density at radius 1 is 1.24 bits per heavy atom. The first-order chi connectivity index (χ1) is 15.3. The van der Waals surface area contributed by atoms with E-state index in [9.17, 15) is 13.2 Å². The molecule has 1 saturated heterocycles. The van der Waals surface area contributed by atoms with Crippen molar-refractivity contribution < 1.29 is 22.7 Å². The number of fused-ring (bicyclic) bond motifs is 2. The van der Waals surface area contributed by atoms with Gasteiger partial charge < -0.3 is 14.4 Å². The van der Waals surface area contributed by atoms with Gasteiger partial charge in [0.2, 0.25) is 10.0 Å². The summed E-state index contributed by atoms with van der Waals surface area (Å²) < 4.78 is 36.2. The minimum absolute atomic E-state index is 0. The highest BCUT2D eigenvalue weighted by molar-refractivity contribution is 7.88. The number of hydrogen-bond acceptors (Lipinski definition) is 7. The smallest absolute Gasteiger partial charge is 0.309 e. The van der Waals surface area contributed by atoms with Crippen molar-refractivity contribution in [3.63, 3.8) is 0 Å². The van der Waals surface area contributed by atoms with E-state index in [0.29, 0.717) is 19.7 Å². The van der Waals surface area contributed by atoms with Crippen molar-refractivity contribution in [3.8, 4) is 5.75 Å². The van der Waals surface area contributed by atoms with Crippen molar-refractivity contribution in [1.29, 1.82) is 0 Å². The maximum Gasteiger partial charge on any atom is 0.309 e. The van der Waals surface area contributed by atoms with E-state index in [1.807, 2.05) is 12.1 Å². The van der Waals surface area contributed by atoms with Crippen LogP contribution < -0.4 is 9.46 Å². The number of esters is 1. The van der Waals surface area contributed by atoms with E-state index in [0.717, 1.165) is 42.8 Å². The Hall–Kier alpha value is -1.91. The van der Waals surface area contributed by atoms with Gasteiger partial charge in [-0.05, 0) is 42.0 Å². The van der Waals surface area contributed by atoms with Crippen molar-refractivity contribution >= 4 is 45.3 Å². The van der Waals surface area contributed by atoms with E-state index >= 15 is 0 Å². The maximum absolute atomic E-state index is 11.8. The topological polar surface area (TPSA) is 84.9 Å². The van der Waals surface area contributed by atoms with Gasteiger partial charge in [-0.25, -0.2) is 13.1 Å². The van der Waals surface area contributed by atoms with Crippen LogP contribution in [-0.4, -0.2) is 58.8 Å². The summed E-state index contributed by atoms with van der Waals surface area (Å²) in [6, 6.07) is 8.06. The predicted octanol–water partition coefficient (Wildman–Crippen LogP) is 3.22. The van der Waals surface area contributed by atoms with Gasteiger partial charge in [-0.1, -0.05) is 11.6 Å². The Kier molecular flexibility index (Phi) is 8.58. The summed E-state index contributed by atoms with van der Waals surface area (Å²) in [7, 11) is -1.76. The highest BCUT2D eigenvalue weighted by Gasteiger charge is 2.26. The van der Waals surface area contributed by atoms with Crippen LogP contribution in [-0.2, 0) is 32.6 Å². The minimum Gasteiger partial charge on any atom is -0.488 e. The third kappa shape index (κ3) is 6.36. The van der Waals surface area contributed by atoms with Gasteiger partial charge >= 0.3 is 5.97 Å². The molecule has 1 fully saturated rings. The number of nitrogens with zero attached hydrogens (tertiary/aromatic N) is 1. The van der Waals surface area contributed by atoms with Crippen molar-refractivity contribution in [3.05, 3.63) is 56.8 Å². The number of methoxy groups -OCH3 is 1. The molecule has 0 saturated carbocycles. The summed E-state index contributed by atoms with van der Waals surface area (Å²) in [5.74, 6) is 0.575. The monoisotopic (exact) mass is 512 g/mol. The Morgan fingerprint density at radius 3 is 2.70 bits per heavy atom. The van der Waals surface area contributed by atoms with Crippen LogP contribution in [0.1, 0.15) is 34.4 Å². The first kappa shape index (κ1) is 25.7. The molecule has 3 heterocycles. The molecule has 10 heteroatoms. The van der Waals surface area contributed by atoms with Crippen molar-refractivity contribution in [2.75, 3.05) is 39.5 Å². The third-order valence-electron chi connectivity index (χ3n) is 5.85. The molecular formula is C23H29ClN2O5S2. The van der Waals surface area contributed by atoms with Gasteiger partial charge in [-0.2, -0.15) is 0 Å². The highest BCUT2D eigenvalue weighted by Crippen LogP contribution is 2.43. The lowest BCUT2D eigenvalue weighted by atomic mass is 9.90. The van der Waals surface area contributed by atoms with Gasteiger partial charge in [0.05, 0.1) is 19.8 Å². The zero-order chi connectivity index (χ0) is 22.7. The molecule has 1 N–H and O–H groups in total. The van der Waals surface area contributed by atoms with E-state index in [2.05, 4.69) is 27.1 Å². The first-order valence-electron chi connectivity index (χ1n) is 10.6. The van der Waals surface area contributed by atoms with E-state index in [1.54, 1.807) is 11.3 Å². The molecule has 1 aromatic carbocycles. The number of nitrogens with one attached hydrogen (secondary N) is 1. The summed E-state index contributed by atoms with van der Waals surface area (Å²) >= 11 is 1.73. The molecule has 180 valence electrons. The second-order valence-electron chi connectivity index (χ2n) is 8.13. The van der Waals surface area contributed by atoms with E-state index in [4.69, 9.17) is 9.47 Å². The fourth-order valence-electron chi connectivity index (χ4n) is 4.23. The fourth-order valence-corrected chi connectivity index (χ4v) is 5.71. The molecule has 0 amide bonds. The van der Waals surface area contributed by atoms with Gasteiger partial charge in [-0.3, -0.25) is 4.79 Å². The second-order valence-corrected chi connectivity index (χ2v) is 10.9. The molecular weight excluding hydrogens is 484 g/mol. The van der Waals surface area contributed by atoms with Crippen LogP contribution in [0.15, 0.2) is 35.2 Å².